The van der Waals surface area contributed by atoms with Gasteiger partial charge < -0.3 is 14.5 Å². The number of anilines is 1. The molecule has 7 nitrogen and oxygen atoms in total. The van der Waals surface area contributed by atoms with E-state index in [1.807, 2.05) is 18.2 Å². The highest BCUT2D eigenvalue weighted by atomic mass is 32.1. The number of piperidine rings is 1. The highest BCUT2D eigenvalue weighted by Crippen LogP contribution is 2.27. The summed E-state index contributed by atoms with van der Waals surface area (Å²) in [5.74, 6) is 2.00. The molecule has 0 aliphatic carbocycles. The number of hydrogen-bond acceptors (Lipinski definition) is 7. The average Bonchev–Trinajstić information content (AvgIpc) is 3.38. The van der Waals surface area contributed by atoms with Crippen molar-refractivity contribution in [1.29, 1.82) is 0 Å². The van der Waals surface area contributed by atoms with Crippen LogP contribution in [-0.2, 0) is 17.8 Å². The molecule has 1 amide bonds. The van der Waals surface area contributed by atoms with Gasteiger partial charge in [-0.1, -0.05) is 42.5 Å². The summed E-state index contributed by atoms with van der Waals surface area (Å²) >= 11 is 1.44. The number of methoxy groups -OCH3 is 1. The Balaban J connectivity index is 1.14. The molecule has 2 fully saturated rings. The molecular weight excluding hydrogens is 458 g/mol. The third kappa shape index (κ3) is 6.00. The second-order valence-electron chi connectivity index (χ2n) is 9.39. The van der Waals surface area contributed by atoms with Crippen molar-refractivity contribution in [2.75, 3.05) is 51.3 Å². The number of carbonyl (C=O) groups is 1. The Morgan fingerprint density at radius 1 is 1.03 bits per heavy atom. The lowest BCUT2D eigenvalue weighted by atomic mass is 9.96. The second kappa shape index (κ2) is 11.2. The van der Waals surface area contributed by atoms with Crippen molar-refractivity contribution >= 4 is 22.6 Å². The maximum absolute atomic E-state index is 13.3. The molecule has 1 atom stereocenters. The number of hydrogen-bond donors (Lipinski definition) is 0. The second-order valence-corrected chi connectivity index (χ2v) is 10.1. The van der Waals surface area contributed by atoms with E-state index < -0.39 is 0 Å². The predicted molar refractivity (Wildman–Crippen MR) is 139 cm³/mol. The van der Waals surface area contributed by atoms with Gasteiger partial charge in [0.2, 0.25) is 11.0 Å². The van der Waals surface area contributed by atoms with Crippen LogP contribution in [0.2, 0.25) is 0 Å². The third-order valence-corrected chi connectivity index (χ3v) is 7.74. The molecule has 184 valence electrons. The van der Waals surface area contributed by atoms with Gasteiger partial charge in [-0.3, -0.25) is 9.69 Å². The molecule has 8 heteroatoms. The summed E-state index contributed by atoms with van der Waals surface area (Å²) in [6.07, 6.45) is 2.64. The zero-order chi connectivity index (χ0) is 24.0. The molecule has 1 unspecified atom stereocenters. The van der Waals surface area contributed by atoms with Gasteiger partial charge in [-0.2, -0.15) is 4.37 Å². The minimum atomic E-state index is 0.0372. The molecule has 3 aromatic rings. The monoisotopic (exact) mass is 491 g/mol. The lowest BCUT2D eigenvalue weighted by Gasteiger charge is -2.39. The predicted octanol–water partition coefficient (Wildman–Crippen LogP) is 3.70. The maximum Gasteiger partial charge on any atom is 0.227 e. The zero-order valence-electron chi connectivity index (χ0n) is 20.3. The topological polar surface area (TPSA) is 61.8 Å². The van der Waals surface area contributed by atoms with Gasteiger partial charge in [-0.25, -0.2) is 4.98 Å². The smallest absolute Gasteiger partial charge is 0.227 e. The van der Waals surface area contributed by atoms with Crippen molar-refractivity contribution in [3.63, 3.8) is 0 Å². The van der Waals surface area contributed by atoms with Crippen LogP contribution in [0.15, 0.2) is 54.6 Å². The number of benzene rings is 2. The van der Waals surface area contributed by atoms with Crippen LogP contribution in [0.1, 0.15) is 29.8 Å². The number of carbonyl (C=O) groups excluding carboxylic acids is 1. The highest BCUT2D eigenvalue weighted by molar-refractivity contribution is 7.09. The lowest BCUT2D eigenvalue weighted by Crippen LogP contribution is -2.52. The molecular formula is C27H33N5O2S. The number of ether oxygens (including phenoxy) is 1. The van der Waals surface area contributed by atoms with Crippen molar-refractivity contribution < 1.29 is 9.53 Å². The van der Waals surface area contributed by atoms with Gasteiger partial charge in [0.1, 0.15) is 11.6 Å². The van der Waals surface area contributed by atoms with Crippen molar-refractivity contribution in [2.45, 2.75) is 25.8 Å². The van der Waals surface area contributed by atoms with Gasteiger partial charge in [0, 0.05) is 63.8 Å². The van der Waals surface area contributed by atoms with Gasteiger partial charge in [-0.05, 0) is 36.1 Å². The molecule has 0 bridgehead atoms. The number of aromatic nitrogens is 2. The Kier molecular flexibility index (Phi) is 7.59. The molecule has 0 spiro atoms. The van der Waals surface area contributed by atoms with E-state index in [1.54, 1.807) is 7.11 Å². The van der Waals surface area contributed by atoms with Gasteiger partial charge in [0.25, 0.3) is 0 Å². The van der Waals surface area contributed by atoms with Gasteiger partial charge in [0.15, 0.2) is 0 Å². The summed E-state index contributed by atoms with van der Waals surface area (Å²) in [5, 5.41) is 0.924. The van der Waals surface area contributed by atoms with E-state index in [0.717, 1.165) is 80.9 Å². The van der Waals surface area contributed by atoms with Crippen LogP contribution >= 0.6 is 11.5 Å². The number of nitrogens with zero attached hydrogens (tertiary/aromatic N) is 5. The van der Waals surface area contributed by atoms with E-state index in [2.05, 4.69) is 55.5 Å². The van der Waals surface area contributed by atoms with Crippen molar-refractivity contribution in [1.82, 2.24) is 19.2 Å². The molecule has 5 rings (SSSR count). The fraction of sp³-hybridized carbons (Fsp3) is 0.444. The molecule has 2 aliphatic rings. The van der Waals surface area contributed by atoms with Crippen LogP contribution in [0, 0.1) is 5.92 Å². The van der Waals surface area contributed by atoms with E-state index in [1.165, 1.54) is 17.1 Å². The van der Waals surface area contributed by atoms with E-state index in [-0.39, 0.29) is 5.92 Å². The Morgan fingerprint density at radius 2 is 1.83 bits per heavy atom. The molecule has 0 radical (unpaired) electrons. The third-order valence-electron chi connectivity index (χ3n) is 6.93. The van der Waals surface area contributed by atoms with Gasteiger partial charge >= 0.3 is 0 Å². The van der Waals surface area contributed by atoms with Crippen LogP contribution in [0.3, 0.4) is 0 Å². The van der Waals surface area contributed by atoms with Gasteiger partial charge in [0.05, 0.1) is 13.0 Å². The molecule has 1 aromatic heterocycles. The summed E-state index contributed by atoms with van der Waals surface area (Å²) in [5.41, 5.74) is 2.46. The summed E-state index contributed by atoms with van der Waals surface area (Å²) in [6.45, 7) is 6.11. The molecule has 0 saturated carbocycles. The zero-order valence-corrected chi connectivity index (χ0v) is 21.1. The maximum atomic E-state index is 13.3. The summed E-state index contributed by atoms with van der Waals surface area (Å²) in [6, 6.07) is 18.6. The quantitative estimate of drug-likeness (QED) is 0.502. The van der Waals surface area contributed by atoms with Crippen LogP contribution in [0.4, 0.5) is 5.13 Å². The summed E-state index contributed by atoms with van der Waals surface area (Å²) < 4.78 is 9.92. The Morgan fingerprint density at radius 3 is 2.63 bits per heavy atom. The first-order valence-corrected chi connectivity index (χ1v) is 13.2. The minimum Gasteiger partial charge on any atom is -0.497 e. The van der Waals surface area contributed by atoms with Crippen LogP contribution in [0.5, 0.6) is 5.75 Å². The lowest BCUT2D eigenvalue weighted by molar-refractivity contribution is -0.137. The molecule has 35 heavy (non-hydrogen) atoms. The van der Waals surface area contributed by atoms with E-state index >= 15 is 0 Å². The molecule has 2 saturated heterocycles. The van der Waals surface area contributed by atoms with E-state index in [4.69, 9.17) is 9.72 Å². The van der Waals surface area contributed by atoms with Crippen molar-refractivity contribution in [2.24, 2.45) is 5.92 Å². The SMILES string of the molecule is COc1cccc(Cc2nsc(N3CCCC(C(=O)N4CCN(Cc5ccccc5)CC4)C3)n2)c1. The largest absolute Gasteiger partial charge is 0.497 e. The first-order chi connectivity index (χ1) is 17.2. The highest BCUT2D eigenvalue weighted by Gasteiger charge is 2.32. The number of amides is 1. The Bertz CT molecular complexity index is 1110. The number of piperazine rings is 1. The molecule has 3 heterocycles. The summed E-state index contributed by atoms with van der Waals surface area (Å²) in [4.78, 5) is 24.9. The van der Waals surface area contributed by atoms with Crippen LogP contribution < -0.4 is 9.64 Å². The average molecular weight is 492 g/mol. The number of rotatable bonds is 7. The first kappa shape index (κ1) is 23.8. The summed E-state index contributed by atoms with van der Waals surface area (Å²) in [7, 11) is 1.68. The minimum absolute atomic E-state index is 0.0372. The molecule has 2 aromatic carbocycles. The molecule has 0 N–H and O–H groups in total. The Labute approximate surface area is 211 Å². The van der Waals surface area contributed by atoms with Crippen molar-refractivity contribution in [3.8, 4) is 5.75 Å². The standard InChI is InChI=1S/C27H33N5O2S/c1-34-24-11-5-9-22(17-24)18-25-28-27(35-29-25)32-12-6-10-23(20-32)26(33)31-15-13-30(14-16-31)19-21-7-3-2-4-8-21/h2-5,7-9,11,17,23H,6,10,12-16,18-20H2,1H3. The molecule has 2 aliphatic heterocycles. The fourth-order valence-electron chi connectivity index (χ4n) is 4.99. The van der Waals surface area contributed by atoms with Crippen LogP contribution in [0.25, 0.3) is 0 Å². The van der Waals surface area contributed by atoms with Crippen LogP contribution in [-0.4, -0.2) is 71.4 Å². The van der Waals surface area contributed by atoms with E-state index in [0.29, 0.717) is 12.3 Å². The first-order valence-electron chi connectivity index (χ1n) is 12.4. The fourth-order valence-corrected chi connectivity index (χ4v) is 5.71. The Hall–Kier alpha value is -2.97. The van der Waals surface area contributed by atoms with Crippen molar-refractivity contribution in [3.05, 3.63) is 71.5 Å². The van der Waals surface area contributed by atoms with Gasteiger partial charge in [-0.15, -0.1) is 0 Å². The normalized spacial score (nSPS) is 19.1. The van der Waals surface area contributed by atoms with E-state index in [9.17, 15) is 4.79 Å².